The Labute approximate surface area is 176 Å². The fourth-order valence-corrected chi connectivity index (χ4v) is 3.25. The van der Waals surface area contributed by atoms with E-state index in [2.05, 4.69) is 21.7 Å². The second kappa shape index (κ2) is 12.0. The third kappa shape index (κ3) is 7.89. The Kier molecular flexibility index (Phi) is 10.4. The van der Waals surface area contributed by atoms with Crippen molar-refractivity contribution in [3.63, 3.8) is 0 Å². The summed E-state index contributed by atoms with van der Waals surface area (Å²) in [6.07, 6.45) is 3.46. The standard InChI is InChI=1S/C19H23N3O2S.2ClH/c1-14-2-4-17(5-3-14)24-12-19-22-16(13-25-19)10-18(23)21-11-15-6-8-20-9-7-15;;/h2-6,13,20H,7-12H2,1H3,(H,21,23);2*1H. The molecule has 1 aliphatic rings. The summed E-state index contributed by atoms with van der Waals surface area (Å²) in [6, 6.07) is 7.94. The highest BCUT2D eigenvalue weighted by Crippen LogP contribution is 2.16. The Bertz CT molecular complexity index is 748. The van der Waals surface area contributed by atoms with E-state index in [0.29, 0.717) is 19.6 Å². The predicted octanol–water partition coefficient (Wildman–Crippen LogP) is 3.45. The van der Waals surface area contributed by atoms with Gasteiger partial charge in [0.1, 0.15) is 17.4 Å². The summed E-state index contributed by atoms with van der Waals surface area (Å²) in [4.78, 5) is 16.5. The highest BCUT2D eigenvalue weighted by atomic mass is 35.5. The number of halogens is 2. The zero-order valence-corrected chi connectivity index (χ0v) is 17.6. The molecule has 0 bridgehead atoms. The van der Waals surface area contributed by atoms with Gasteiger partial charge in [-0.3, -0.25) is 4.79 Å². The zero-order valence-electron chi connectivity index (χ0n) is 15.2. The molecule has 1 aromatic carbocycles. The van der Waals surface area contributed by atoms with Crippen LogP contribution in [0.1, 0.15) is 22.7 Å². The van der Waals surface area contributed by atoms with E-state index in [0.717, 1.165) is 36.0 Å². The first-order valence-corrected chi connectivity index (χ1v) is 9.35. The van der Waals surface area contributed by atoms with Gasteiger partial charge in [-0.05, 0) is 32.0 Å². The summed E-state index contributed by atoms with van der Waals surface area (Å²) in [5, 5.41) is 9.04. The lowest BCUT2D eigenvalue weighted by atomic mass is 10.1. The molecular weight excluding hydrogens is 405 g/mol. The van der Waals surface area contributed by atoms with Gasteiger partial charge in [-0.25, -0.2) is 4.98 Å². The van der Waals surface area contributed by atoms with Crippen molar-refractivity contribution >= 4 is 42.1 Å². The maximum Gasteiger partial charge on any atom is 0.226 e. The molecule has 2 N–H and O–H groups in total. The SMILES string of the molecule is Cc1ccc(OCc2nc(CC(=O)NCC3=CCNCC3)cs2)cc1.Cl.Cl. The molecule has 1 aliphatic heterocycles. The van der Waals surface area contributed by atoms with Crippen LogP contribution < -0.4 is 15.4 Å². The molecule has 148 valence electrons. The number of ether oxygens (including phenoxy) is 1. The fraction of sp³-hybridized carbons (Fsp3) is 0.368. The molecule has 3 rings (SSSR count). The molecule has 0 spiro atoms. The van der Waals surface area contributed by atoms with Crippen molar-refractivity contribution in [2.24, 2.45) is 0 Å². The Morgan fingerprint density at radius 2 is 2.07 bits per heavy atom. The van der Waals surface area contributed by atoms with Crippen molar-refractivity contribution in [2.75, 3.05) is 19.6 Å². The smallest absolute Gasteiger partial charge is 0.226 e. The molecule has 27 heavy (non-hydrogen) atoms. The lowest BCUT2D eigenvalue weighted by Crippen LogP contribution is -2.30. The molecule has 0 atom stereocenters. The van der Waals surface area contributed by atoms with Crippen LogP contribution in [-0.4, -0.2) is 30.5 Å². The Morgan fingerprint density at radius 3 is 2.78 bits per heavy atom. The molecule has 0 radical (unpaired) electrons. The number of aryl methyl sites for hydroxylation is 1. The summed E-state index contributed by atoms with van der Waals surface area (Å²) in [5.41, 5.74) is 3.29. The zero-order chi connectivity index (χ0) is 17.5. The molecule has 5 nitrogen and oxygen atoms in total. The minimum Gasteiger partial charge on any atom is -0.486 e. The first kappa shape index (κ1) is 23.4. The summed E-state index contributed by atoms with van der Waals surface area (Å²) in [6.45, 7) is 4.98. The normalized spacial score (nSPS) is 13.0. The van der Waals surface area contributed by atoms with Crippen LogP contribution in [0.4, 0.5) is 0 Å². The second-order valence-electron chi connectivity index (χ2n) is 6.10. The van der Waals surface area contributed by atoms with Gasteiger partial charge in [0.25, 0.3) is 0 Å². The maximum absolute atomic E-state index is 12.1. The lowest BCUT2D eigenvalue weighted by Gasteiger charge is -2.14. The second-order valence-corrected chi connectivity index (χ2v) is 7.05. The quantitative estimate of drug-likeness (QED) is 0.661. The van der Waals surface area contributed by atoms with E-state index in [1.807, 2.05) is 36.6 Å². The summed E-state index contributed by atoms with van der Waals surface area (Å²) in [5.74, 6) is 0.839. The molecule has 0 fully saturated rings. The van der Waals surface area contributed by atoms with Crippen LogP contribution in [0.5, 0.6) is 5.75 Å². The summed E-state index contributed by atoms with van der Waals surface area (Å²) >= 11 is 1.52. The topological polar surface area (TPSA) is 63.2 Å². The molecule has 2 aromatic rings. The Morgan fingerprint density at radius 1 is 1.30 bits per heavy atom. The van der Waals surface area contributed by atoms with Crippen molar-refractivity contribution in [1.82, 2.24) is 15.6 Å². The first-order chi connectivity index (χ1) is 12.2. The predicted molar refractivity (Wildman–Crippen MR) is 114 cm³/mol. The van der Waals surface area contributed by atoms with Crippen molar-refractivity contribution in [3.8, 4) is 5.75 Å². The number of hydrogen-bond donors (Lipinski definition) is 2. The molecular formula is C19H25Cl2N3O2S. The monoisotopic (exact) mass is 429 g/mol. The van der Waals surface area contributed by atoms with Gasteiger partial charge in [-0.1, -0.05) is 29.3 Å². The maximum atomic E-state index is 12.1. The van der Waals surface area contributed by atoms with Crippen LogP contribution in [0, 0.1) is 6.92 Å². The lowest BCUT2D eigenvalue weighted by molar-refractivity contribution is -0.120. The number of carbonyl (C=O) groups excluding carboxylic acids is 1. The van der Waals surface area contributed by atoms with Gasteiger partial charge < -0.3 is 15.4 Å². The fourth-order valence-electron chi connectivity index (χ4n) is 2.55. The Hall–Kier alpha value is -1.60. The number of nitrogens with zero attached hydrogens (tertiary/aromatic N) is 1. The van der Waals surface area contributed by atoms with Gasteiger partial charge >= 0.3 is 0 Å². The van der Waals surface area contributed by atoms with Crippen molar-refractivity contribution in [3.05, 3.63) is 57.6 Å². The van der Waals surface area contributed by atoms with Crippen LogP contribution in [0.3, 0.4) is 0 Å². The summed E-state index contributed by atoms with van der Waals surface area (Å²) in [7, 11) is 0. The third-order valence-corrected chi connectivity index (χ3v) is 4.87. The number of aromatic nitrogens is 1. The average Bonchev–Trinajstić information content (AvgIpc) is 3.08. The van der Waals surface area contributed by atoms with Crippen molar-refractivity contribution in [1.29, 1.82) is 0 Å². The number of amides is 1. The van der Waals surface area contributed by atoms with E-state index < -0.39 is 0 Å². The molecule has 8 heteroatoms. The van der Waals surface area contributed by atoms with Gasteiger partial charge in [0, 0.05) is 18.5 Å². The van der Waals surface area contributed by atoms with Crippen molar-refractivity contribution in [2.45, 2.75) is 26.4 Å². The molecule has 0 unspecified atom stereocenters. The van der Waals surface area contributed by atoms with Crippen LogP contribution in [-0.2, 0) is 17.8 Å². The minimum absolute atomic E-state index is 0. The highest BCUT2D eigenvalue weighted by molar-refractivity contribution is 7.09. The summed E-state index contributed by atoms with van der Waals surface area (Å²) < 4.78 is 5.73. The number of thiazole rings is 1. The van der Waals surface area contributed by atoms with Gasteiger partial charge in [0.15, 0.2) is 0 Å². The van der Waals surface area contributed by atoms with Gasteiger partial charge in [0.05, 0.1) is 12.1 Å². The van der Waals surface area contributed by atoms with Gasteiger partial charge in [-0.15, -0.1) is 36.2 Å². The van der Waals surface area contributed by atoms with Gasteiger partial charge in [-0.2, -0.15) is 0 Å². The number of carbonyl (C=O) groups is 1. The van der Waals surface area contributed by atoms with E-state index in [9.17, 15) is 4.79 Å². The largest absolute Gasteiger partial charge is 0.486 e. The molecule has 0 saturated heterocycles. The van der Waals surface area contributed by atoms with E-state index in [-0.39, 0.29) is 30.7 Å². The first-order valence-electron chi connectivity index (χ1n) is 8.47. The van der Waals surface area contributed by atoms with Crippen LogP contribution >= 0.6 is 36.2 Å². The molecule has 1 aromatic heterocycles. The average molecular weight is 430 g/mol. The number of rotatable bonds is 7. The van der Waals surface area contributed by atoms with E-state index in [4.69, 9.17) is 4.74 Å². The molecule has 2 heterocycles. The van der Waals surface area contributed by atoms with Crippen LogP contribution in [0.15, 0.2) is 41.3 Å². The minimum atomic E-state index is 0. The molecule has 0 saturated carbocycles. The third-order valence-electron chi connectivity index (χ3n) is 3.99. The number of hydrogen-bond acceptors (Lipinski definition) is 5. The van der Waals surface area contributed by atoms with Crippen LogP contribution in [0.2, 0.25) is 0 Å². The number of benzene rings is 1. The van der Waals surface area contributed by atoms with Crippen molar-refractivity contribution < 1.29 is 9.53 Å². The number of nitrogens with one attached hydrogen (secondary N) is 2. The molecule has 0 aliphatic carbocycles. The van der Waals surface area contributed by atoms with Crippen LogP contribution in [0.25, 0.3) is 0 Å². The van der Waals surface area contributed by atoms with E-state index in [1.165, 1.54) is 22.5 Å². The van der Waals surface area contributed by atoms with Gasteiger partial charge in [0.2, 0.25) is 5.91 Å². The highest BCUT2D eigenvalue weighted by Gasteiger charge is 2.10. The van der Waals surface area contributed by atoms with E-state index in [1.54, 1.807) is 0 Å². The van der Waals surface area contributed by atoms with E-state index >= 15 is 0 Å². The molecule has 1 amide bonds. The Balaban J connectivity index is 0.00000182.